The van der Waals surface area contributed by atoms with Crippen LogP contribution in [0.5, 0.6) is 0 Å². The van der Waals surface area contributed by atoms with Crippen molar-refractivity contribution in [1.29, 1.82) is 0 Å². The molecular weight excluding hydrogens is 198 g/mol. The third-order valence-corrected chi connectivity index (χ3v) is 2.44. The number of pyridine rings is 1. The van der Waals surface area contributed by atoms with Crippen LogP contribution in [0.4, 0.5) is 0 Å². The van der Waals surface area contributed by atoms with E-state index >= 15 is 0 Å². The summed E-state index contributed by atoms with van der Waals surface area (Å²) >= 11 is 5.85. The van der Waals surface area contributed by atoms with Crippen molar-refractivity contribution >= 4 is 22.5 Å². The second kappa shape index (κ2) is 3.24. The molecular formula is C10H12ClN3. The number of nitrogens with zero attached hydrogens (tertiary/aromatic N) is 3. The number of rotatable bonds is 1. The van der Waals surface area contributed by atoms with Crippen molar-refractivity contribution in [3.8, 4) is 0 Å². The molecule has 0 amide bonds. The zero-order valence-corrected chi connectivity index (χ0v) is 9.21. The maximum atomic E-state index is 5.85. The Morgan fingerprint density at radius 3 is 2.79 bits per heavy atom. The lowest BCUT2D eigenvalue weighted by molar-refractivity contribution is 0.547. The smallest absolute Gasteiger partial charge is 0.131 e. The summed E-state index contributed by atoms with van der Waals surface area (Å²) in [5.74, 6) is 0. The molecule has 2 heterocycles. The molecule has 2 aromatic rings. The highest BCUT2D eigenvalue weighted by molar-refractivity contribution is 6.30. The number of fused-ring (bicyclic) bond motifs is 1. The van der Waals surface area contributed by atoms with Crippen LogP contribution in [0, 0.1) is 6.92 Å². The minimum atomic E-state index is 0.338. The van der Waals surface area contributed by atoms with E-state index in [9.17, 15) is 0 Å². The van der Waals surface area contributed by atoms with E-state index in [2.05, 4.69) is 23.9 Å². The standard InChI is InChI=1S/C10H12ClN3/c1-6(2)14-9-4-10(11)12-5-8(9)7(3)13-14/h4-6H,1-3H3. The van der Waals surface area contributed by atoms with Gasteiger partial charge >= 0.3 is 0 Å². The normalized spacial score (nSPS) is 11.5. The molecule has 0 atom stereocenters. The van der Waals surface area contributed by atoms with Gasteiger partial charge < -0.3 is 0 Å². The molecule has 74 valence electrons. The van der Waals surface area contributed by atoms with Gasteiger partial charge in [-0.2, -0.15) is 5.10 Å². The third kappa shape index (κ3) is 1.38. The molecule has 0 aliphatic carbocycles. The lowest BCUT2D eigenvalue weighted by atomic mass is 10.2. The van der Waals surface area contributed by atoms with Crippen LogP contribution in [-0.4, -0.2) is 14.8 Å². The maximum absolute atomic E-state index is 5.85. The number of halogens is 1. The molecule has 0 radical (unpaired) electrons. The van der Waals surface area contributed by atoms with Crippen LogP contribution >= 0.6 is 11.6 Å². The van der Waals surface area contributed by atoms with Crippen molar-refractivity contribution < 1.29 is 0 Å². The summed E-state index contributed by atoms with van der Waals surface area (Å²) in [6, 6.07) is 2.20. The van der Waals surface area contributed by atoms with Gasteiger partial charge in [-0.05, 0) is 20.8 Å². The third-order valence-electron chi connectivity index (χ3n) is 2.23. The zero-order chi connectivity index (χ0) is 10.3. The van der Waals surface area contributed by atoms with Gasteiger partial charge in [0.25, 0.3) is 0 Å². The van der Waals surface area contributed by atoms with Gasteiger partial charge in [0.05, 0.1) is 11.2 Å². The Hall–Kier alpha value is -1.09. The molecule has 3 nitrogen and oxygen atoms in total. The SMILES string of the molecule is Cc1nn(C(C)C)c2cc(Cl)ncc12. The maximum Gasteiger partial charge on any atom is 0.131 e. The fourth-order valence-corrected chi connectivity index (χ4v) is 1.70. The fourth-order valence-electron chi connectivity index (χ4n) is 1.55. The first kappa shape index (κ1) is 9.46. The van der Waals surface area contributed by atoms with Gasteiger partial charge in [0.15, 0.2) is 0 Å². The second-order valence-electron chi connectivity index (χ2n) is 3.65. The topological polar surface area (TPSA) is 30.7 Å². The molecule has 0 saturated carbocycles. The molecule has 0 N–H and O–H groups in total. The lowest BCUT2D eigenvalue weighted by Gasteiger charge is -2.06. The highest BCUT2D eigenvalue weighted by Gasteiger charge is 2.10. The molecule has 4 heteroatoms. The minimum absolute atomic E-state index is 0.338. The molecule has 2 rings (SSSR count). The number of hydrogen-bond donors (Lipinski definition) is 0. The molecule has 0 bridgehead atoms. The Labute approximate surface area is 87.7 Å². The molecule has 14 heavy (non-hydrogen) atoms. The van der Waals surface area contributed by atoms with Crippen LogP contribution in [0.2, 0.25) is 5.15 Å². The largest absolute Gasteiger partial charge is 0.262 e. The molecule has 0 unspecified atom stereocenters. The molecule has 0 aromatic carbocycles. The summed E-state index contributed by atoms with van der Waals surface area (Å²) in [5, 5.41) is 6.03. The van der Waals surface area contributed by atoms with E-state index in [1.165, 1.54) is 0 Å². The van der Waals surface area contributed by atoms with E-state index in [0.29, 0.717) is 11.2 Å². The summed E-state index contributed by atoms with van der Waals surface area (Å²) in [4.78, 5) is 4.05. The van der Waals surface area contributed by atoms with Gasteiger partial charge in [-0.3, -0.25) is 4.68 Å². The van der Waals surface area contributed by atoms with Crippen LogP contribution in [0.1, 0.15) is 25.6 Å². The number of aromatic nitrogens is 3. The quantitative estimate of drug-likeness (QED) is 0.676. The highest BCUT2D eigenvalue weighted by Crippen LogP contribution is 2.22. The van der Waals surface area contributed by atoms with Crippen LogP contribution in [0.15, 0.2) is 12.3 Å². The van der Waals surface area contributed by atoms with Gasteiger partial charge in [0.2, 0.25) is 0 Å². The molecule has 0 aliphatic heterocycles. The van der Waals surface area contributed by atoms with Crippen LogP contribution in [0.25, 0.3) is 10.9 Å². The van der Waals surface area contributed by atoms with Gasteiger partial charge in [-0.1, -0.05) is 11.6 Å². The first-order valence-electron chi connectivity index (χ1n) is 4.60. The number of aryl methyl sites for hydroxylation is 1. The molecule has 0 aliphatic rings. The Kier molecular flexibility index (Phi) is 2.19. The van der Waals surface area contributed by atoms with Crippen molar-refractivity contribution in [2.75, 3.05) is 0 Å². The van der Waals surface area contributed by atoms with Gasteiger partial charge in [-0.25, -0.2) is 4.98 Å². The summed E-state index contributed by atoms with van der Waals surface area (Å²) in [5.41, 5.74) is 2.05. The molecule has 2 aromatic heterocycles. The summed E-state index contributed by atoms with van der Waals surface area (Å²) in [7, 11) is 0. The summed E-state index contributed by atoms with van der Waals surface area (Å²) in [6.07, 6.45) is 1.78. The van der Waals surface area contributed by atoms with E-state index in [-0.39, 0.29) is 0 Å². The Bertz CT molecular complexity index is 473. The van der Waals surface area contributed by atoms with Crippen molar-refractivity contribution in [2.45, 2.75) is 26.8 Å². The van der Waals surface area contributed by atoms with Gasteiger partial charge in [0.1, 0.15) is 5.15 Å². The molecule has 0 spiro atoms. The van der Waals surface area contributed by atoms with Crippen LogP contribution in [0.3, 0.4) is 0 Å². The summed E-state index contributed by atoms with van der Waals surface area (Å²) in [6.45, 7) is 6.18. The first-order valence-corrected chi connectivity index (χ1v) is 4.97. The van der Waals surface area contributed by atoms with Crippen molar-refractivity contribution in [1.82, 2.24) is 14.8 Å². The van der Waals surface area contributed by atoms with Crippen LogP contribution < -0.4 is 0 Å². The first-order chi connectivity index (χ1) is 6.59. The van der Waals surface area contributed by atoms with E-state index in [0.717, 1.165) is 16.6 Å². The predicted octanol–water partition coefficient (Wildman–Crippen LogP) is 2.97. The highest BCUT2D eigenvalue weighted by atomic mass is 35.5. The predicted molar refractivity (Wildman–Crippen MR) is 57.7 cm³/mol. The average molecular weight is 210 g/mol. The van der Waals surface area contributed by atoms with Crippen molar-refractivity contribution in [2.24, 2.45) is 0 Å². The minimum Gasteiger partial charge on any atom is -0.262 e. The van der Waals surface area contributed by atoms with Gasteiger partial charge in [-0.15, -0.1) is 0 Å². The fraction of sp³-hybridized carbons (Fsp3) is 0.400. The Morgan fingerprint density at radius 2 is 2.14 bits per heavy atom. The monoisotopic (exact) mass is 209 g/mol. The van der Waals surface area contributed by atoms with Gasteiger partial charge in [0, 0.05) is 23.7 Å². The Morgan fingerprint density at radius 1 is 1.43 bits per heavy atom. The van der Waals surface area contributed by atoms with Crippen molar-refractivity contribution in [3.05, 3.63) is 23.1 Å². The number of hydrogen-bond acceptors (Lipinski definition) is 2. The second-order valence-corrected chi connectivity index (χ2v) is 4.04. The summed E-state index contributed by atoms with van der Waals surface area (Å²) < 4.78 is 1.97. The van der Waals surface area contributed by atoms with E-state index in [4.69, 9.17) is 11.6 Å². The van der Waals surface area contributed by atoms with E-state index < -0.39 is 0 Å². The molecule has 0 saturated heterocycles. The molecule has 0 fully saturated rings. The van der Waals surface area contributed by atoms with Crippen LogP contribution in [-0.2, 0) is 0 Å². The Balaban J connectivity index is 2.79. The average Bonchev–Trinajstić information content (AvgIpc) is 2.43. The van der Waals surface area contributed by atoms with E-state index in [1.54, 1.807) is 6.20 Å². The van der Waals surface area contributed by atoms with E-state index in [1.807, 2.05) is 17.7 Å². The van der Waals surface area contributed by atoms with Crippen molar-refractivity contribution in [3.63, 3.8) is 0 Å². The lowest BCUT2D eigenvalue weighted by Crippen LogP contribution is -2.02. The zero-order valence-electron chi connectivity index (χ0n) is 8.45.